The smallest absolute Gasteiger partial charge is 0.167 e. The highest BCUT2D eigenvalue weighted by Crippen LogP contribution is 2.30. The van der Waals surface area contributed by atoms with Crippen LogP contribution in [0.15, 0.2) is 72.8 Å². The molecule has 0 fully saturated rings. The number of carbonyl (C=O) groups excluding carboxylic acids is 1. The molecule has 1 heterocycles. The van der Waals surface area contributed by atoms with Crippen LogP contribution < -0.4 is 0 Å². The van der Waals surface area contributed by atoms with E-state index < -0.39 is 0 Å². The average Bonchev–Trinajstić information content (AvgIpc) is 3.06. The van der Waals surface area contributed by atoms with Gasteiger partial charge in [0.2, 0.25) is 0 Å². The van der Waals surface area contributed by atoms with Crippen LogP contribution in [0.1, 0.15) is 21.5 Å². The van der Waals surface area contributed by atoms with E-state index in [-0.39, 0.29) is 5.78 Å². The van der Waals surface area contributed by atoms with Crippen LogP contribution in [0.5, 0.6) is 0 Å². The van der Waals surface area contributed by atoms with Gasteiger partial charge in [-0.25, -0.2) is 4.98 Å². The Labute approximate surface area is 150 Å². The molecule has 0 radical (unpaired) electrons. The Bertz CT molecular complexity index is 1030. The van der Waals surface area contributed by atoms with Crippen molar-refractivity contribution in [2.45, 2.75) is 13.3 Å². The van der Waals surface area contributed by atoms with Crippen LogP contribution in [0.3, 0.4) is 0 Å². The number of nitrogens with zero attached hydrogens (tertiary/aromatic N) is 1. The van der Waals surface area contributed by atoms with Gasteiger partial charge in [0.25, 0.3) is 0 Å². The van der Waals surface area contributed by atoms with Gasteiger partial charge in [-0.1, -0.05) is 54.6 Å². The molecule has 0 saturated heterocycles. The predicted molar refractivity (Wildman–Crippen MR) is 104 cm³/mol. The zero-order valence-corrected chi connectivity index (χ0v) is 14.7. The fraction of sp³-hybridized carbons (Fsp3) is 0.0909. The Morgan fingerprint density at radius 3 is 2.60 bits per heavy atom. The molecule has 0 saturated carbocycles. The first-order chi connectivity index (χ1) is 12.2. The van der Waals surface area contributed by atoms with Gasteiger partial charge in [0.05, 0.1) is 10.2 Å². The number of aromatic nitrogens is 1. The Kier molecular flexibility index (Phi) is 4.16. The Balaban J connectivity index is 1.63. The zero-order valence-electron chi connectivity index (χ0n) is 13.9. The molecule has 0 atom stereocenters. The molecule has 3 aromatic carbocycles. The number of rotatable bonds is 4. The molecule has 0 amide bonds. The second kappa shape index (κ2) is 6.61. The van der Waals surface area contributed by atoms with Gasteiger partial charge in [0.1, 0.15) is 5.01 Å². The lowest BCUT2D eigenvalue weighted by Crippen LogP contribution is -2.05. The van der Waals surface area contributed by atoms with Crippen molar-refractivity contribution in [3.8, 4) is 10.6 Å². The molecule has 0 aliphatic carbocycles. The van der Waals surface area contributed by atoms with Crippen molar-refractivity contribution >= 4 is 27.3 Å². The number of ketones is 1. The van der Waals surface area contributed by atoms with Crippen LogP contribution >= 0.6 is 11.3 Å². The van der Waals surface area contributed by atoms with Crippen molar-refractivity contribution in [1.82, 2.24) is 4.98 Å². The third-order valence-electron chi connectivity index (χ3n) is 4.28. The summed E-state index contributed by atoms with van der Waals surface area (Å²) in [5.74, 6) is 0.152. The van der Waals surface area contributed by atoms with E-state index in [1.807, 2.05) is 61.5 Å². The van der Waals surface area contributed by atoms with Gasteiger partial charge in [0, 0.05) is 17.5 Å². The SMILES string of the molecule is Cc1ccccc1C(=O)Cc1cccc(-c2nc3ccccc3s2)c1. The van der Waals surface area contributed by atoms with Crippen molar-refractivity contribution in [2.24, 2.45) is 0 Å². The molecular weight excluding hydrogens is 326 g/mol. The molecule has 2 nitrogen and oxygen atoms in total. The summed E-state index contributed by atoms with van der Waals surface area (Å²) in [5, 5.41) is 0.992. The maximum Gasteiger partial charge on any atom is 0.167 e. The van der Waals surface area contributed by atoms with Crippen LogP contribution in [0.4, 0.5) is 0 Å². The van der Waals surface area contributed by atoms with E-state index in [1.165, 1.54) is 4.70 Å². The third kappa shape index (κ3) is 3.24. The molecule has 1 aromatic heterocycles. The van der Waals surface area contributed by atoms with Crippen LogP contribution in [-0.4, -0.2) is 10.8 Å². The lowest BCUT2D eigenvalue weighted by Gasteiger charge is -2.06. The fourth-order valence-electron chi connectivity index (χ4n) is 2.98. The summed E-state index contributed by atoms with van der Waals surface area (Å²) in [6.07, 6.45) is 0.406. The number of aryl methyl sites for hydroxylation is 1. The summed E-state index contributed by atoms with van der Waals surface area (Å²) >= 11 is 1.68. The highest BCUT2D eigenvalue weighted by molar-refractivity contribution is 7.21. The molecule has 4 rings (SSSR count). The quantitative estimate of drug-likeness (QED) is 0.445. The zero-order chi connectivity index (χ0) is 17.2. The van der Waals surface area contributed by atoms with Gasteiger partial charge in [-0.15, -0.1) is 11.3 Å². The van der Waals surface area contributed by atoms with E-state index >= 15 is 0 Å². The first kappa shape index (κ1) is 15.7. The Morgan fingerprint density at radius 1 is 0.960 bits per heavy atom. The standard InChI is InChI=1S/C22H17NOS/c1-15-7-2-3-10-18(15)20(24)14-16-8-6-9-17(13-16)22-23-19-11-4-5-12-21(19)25-22/h2-13H,14H2,1H3. The number of carbonyl (C=O) groups is 1. The van der Waals surface area contributed by atoms with E-state index in [1.54, 1.807) is 11.3 Å². The lowest BCUT2D eigenvalue weighted by atomic mass is 9.98. The molecule has 0 aliphatic rings. The molecule has 0 N–H and O–H groups in total. The Morgan fingerprint density at radius 2 is 1.76 bits per heavy atom. The number of hydrogen-bond acceptors (Lipinski definition) is 3. The Hall–Kier alpha value is -2.78. The maximum atomic E-state index is 12.6. The van der Waals surface area contributed by atoms with Crippen molar-refractivity contribution in [3.63, 3.8) is 0 Å². The largest absolute Gasteiger partial charge is 0.294 e. The second-order valence-electron chi connectivity index (χ2n) is 6.10. The summed E-state index contributed by atoms with van der Waals surface area (Å²) < 4.78 is 1.18. The minimum absolute atomic E-state index is 0.152. The van der Waals surface area contributed by atoms with E-state index in [2.05, 4.69) is 18.2 Å². The number of hydrogen-bond donors (Lipinski definition) is 0. The number of benzene rings is 3. The van der Waals surface area contributed by atoms with Crippen LogP contribution in [0.2, 0.25) is 0 Å². The van der Waals surface area contributed by atoms with Gasteiger partial charge >= 0.3 is 0 Å². The summed E-state index contributed by atoms with van der Waals surface area (Å²) in [5.41, 5.74) is 4.92. The average molecular weight is 343 g/mol. The number of Topliss-reactive ketones (excluding diaryl/α,β-unsaturated/α-hetero) is 1. The normalized spacial score (nSPS) is 10.9. The first-order valence-corrected chi connectivity index (χ1v) is 9.06. The highest BCUT2D eigenvalue weighted by atomic mass is 32.1. The second-order valence-corrected chi connectivity index (χ2v) is 7.13. The lowest BCUT2D eigenvalue weighted by molar-refractivity contribution is 0.0992. The molecule has 0 unspecified atom stereocenters. The van der Waals surface area contributed by atoms with Crippen LogP contribution in [0.25, 0.3) is 20.8 Å². The molecule has 4 aromatic rings. The molecule has 3 heteroatoms. The van der Waals surface area contributed by atoms with Crippen molar-refractivity contribution in [1.29, 1.82) is 0 Å². The summed E-state index contributed by atoms with van der Waals surface area (Å²) in [7, 11) is 0. The van der Waals surface area contributed by atoms with Gasteiger partial charge in [-0.2, -0.15) is 0 Å². The monoisotopic (exact) mass is 343 g/mol. The number of para-hydroxylation sites is 1. The minimum Gasteiger partial charge on any atom is -0.294 e. The van der Waals surface area contributed by atoms with Crippen molar-refractivity contribution < 1.29 is 4.79 Å². The van der Waals surface area contributed by atoms with Gasteiger partial charge < -0.3 is 0 Å². The molecule has 0 spiro atoms. The van der Waals surface area contributed by atoms with E-state index in [4.69, 9.17) is 4.98 Å². The van der Waals surface area contributed by atoms with Gasteiger partial charge in [0.15, 0.2) is 5.78 Å². The van der Waals surface area contributed by atoms with Crippen molar-refractivity contribution in [2.75, 3.05) is 0 Å². The van der Waals surface area contributed by atoms with Gasteiger partial charge in [-0.05, 0) is 36.2 Å². The summed E-state index contributed by atoms with van der Waals surface area (Å²) in [6.45, 7) is 1.98. The molecule has 25 heavy (non-hydrogen) atoms. The van der Waals surface area contributed by atoms with E-state index in [0.29, 0.717) is 6.42 Å². The minimum atomic E-state index is 0.152. The maximum absolute atomic E-state index is 12.6. The molecule has 0 bridgehead atoms. The van der Waals surface area contributed by atoms with Crippen molar-refractivity contribution in [3.05, 3.63) is 89.5 Å². The molecule has 122 valence electrons. The topological polar surface area (TPSA) is 30.0 Å². The van der Waals surface area contributed by atoms with E-state index in [0.717, 1.165) is 32.8 Å². The predicted octanol–water partition coefficient (Wildman–Crippen LogP) is 5.70. The third-order valence-corrected chi connectivity index (χ3v) is 5.36. The fourth-order valence-corrected chi connectivity index (χ4v) is 3.94. The van der Waals surface area contributed by atoms with Crippen LogP contribution in [0, 0.1) is 6.92 Å². The van der Waals surface area contributed by atoms with Gasteiger partial charge in [-0.3, -0.25) is 4.79 Å². The van der Waals surface area contributed by atoms with E-state index in [9.17, 15) is 4.79 Å². The number of fused-ring (bicyclic) bond motifs is 1. The summed E-state index contributed by atoms with van der Waals surface area (Å²) in [4.78, 5) is 17.3. The van der Waals surface area contributed by atoms with Crippen LogP contribution in [-0.2, 0) is 6.42 Å². The molecule has 0 aliphatic heterocycles. The first-order valence-electron chi connectivity index (χ1n) is 8.24. The number of thiazole rings is 1. The molecular formula is C22H17NOS. The highest BCUT2D eigenvalue weighted by Gasteiger charge is 2.11. The summed E-state index contributed by atoms with van der Waals surface area (Å²) in [6, 6.07) is 24.0.